The van der Waals surface area contributed by atoms with Crippen molar-refractivity contribution in [2.24, 2.45) is 17.8 Å². The summed E-state index contributed by atoms with van der Waals surface area (Å²) >= 11 is 0. The summed E-state index contributed by atoms with van der Waals surface area (Å²) in [5.41, 5.74) is 0. The molecule has 0 bridgehead atoms. The normalized spacial score (nSPS) is 31.5. The Bertz CT molecular complexity index is 163. The first-order chi connectivity index (χ1) is 5.59. The Hall–Kier alpha value is -0.530. The second kappa shape index (κ2) is 3.92. The summed E-state index contributed by atoms with van der Waals surface area (Å²) in [6.45, 7) is 7.11. The molecule has 0 amide bonds. The molecule has 0 aromatic rings. The highest BCUT2D eigenvalue weighted by Gasteiger charge is 2.24. The molecular formula is C10H18O2. The first-order valence-corrected chi connectivity index (χ1v) is 4.75. The molecule has 1 saturated heterocycles. The number of hydrogen-bond acceptors (Lipinski definition) is 2. The van der Waals surface area contributed by atoms with Crippen LogP contribution in [0.4, 0.5) is 0 Å². The van der Waals surface area contributed by atoms with Crippen molar-refractivity contribution >= 4 is 5.97 Å². The van der Waals surface area contributed by atoms with Crippen LogP contribution in [0.25, 0.3) is 0 Å². The fourth-order valence-corrected chi connectivity index (χ4v) is 1.68. The molecule has 0 unspecified atom stereocenters. The molecule has 0 aromatic carbocycles. The van der Waals surface area contributed by atoms with E-state index in [1.54, 1.807) is 0 Å². The van der Waals surface area contributed by atoms with Crippen LogP contribution in [-0.4, -0.2) is 12.6 Å². The molecule has 1 rings (SSSR count). The molecule has 0 aliphatic carbocycles. The van der Waals surface area contributed by atoms with Crippen LogP contribution in [0.1, 0.15) is 33.6 Å². The van der Waals surface area contributed by atoms with Crippen LogP contribution < -0.4 is 0 Å². The highest BCUT2D eigenvalue weighted by molar-refractivity contribution is 5.69. The van der Waals surface area contributed by atoms with Crippen LogP contribution in [0, 0.1) is 17.8 Å². The molecule has 2 atom stereocenters. The minimum Gasteiger partial charge on any atom is -0.465 e. The van der Waals surface area contributed by atoms with Gasteiger partial charge in [0.2, 0.25) is 0 Å². The Morgan fingerprint density at radius 2 is 2.17 bits per heavy atom. The summed E-state index contributed by atoms with van der Waals surface area (Å²) in [6, 6.07) is 0. The zero-order valence-corrected chi connectivity index (χ0v) is 8.17. The lowest BCUT2D eigenvalue weighted by Crippen LogP contribution is -2.13. The molecule has 1 aliphatic rings. The van der Waals surface area contributed by atoms with Gasteiger partial charge in [-0.05, 0) is 24.2 Å². The summed E-state index contributed by atoms with van der Waals surface area (Å²) in [4.78, 5) is 11.1. The zero-order chi connectivity index (χ0) is 9.14. The van der Waals surface area contributed by atoms with E-state index in [1.807, 2.05) is 0 Å². The Balaban J connectivity index is 2.55. The molecule has 12 heavy (non-hydrogen) atoms. The van der Waals surface area contributed by atoms with Gasteiger partial charge in [-0.25, -0.2) is 0 Å². The summed E-state index contributed by atoms with van der Waals surface area (Å²) in [5.74, 6) is 1.63. The summed E-state index contributed by atoms with van der Waals surface area (Å²) in [7, 11) is 0. The van der Waals surface area contributed by atoms with Gasteiger partial charge in [-0.2, -0.15) is 0 Å². The summed E-state index contributed by atoms with van der Waals surface area (Å²) < 4.78 is 5.06. The van der Waals surface area contributed by atoms with Gasteiger partial charge < -0.3 is 4.74 Å². The lowest BCUT2D eigenvalue weighted by Gasteiger charge is -2.18. The maximum atomic E-state index is 11.1. The van der Waals surface area contributed by atoms with E-state index in [0.717, 1.165) is 6.42 Å². The molecule has 0 spiro atoms. The van der Waals surface area contributed by atoms with Crippen molar-refractivity contribution in [3.63, 3.8) is 0 Å². The average molecular weight is 170 g/mol. The average Bonchev–Trinajstić information content (AvgIpc) is 2.13. The Labute approximate surface area is 74.3 Å². The fraction of sp³-hybridized carbons (Fsp3) is 0.900. The van der Waals surface area contributed by atoms with E-state index >= 15 is 0 Å². The third-order valence-electron chi connectivity index (χ3n) is 2.61. The van der Waals surface area contributed by atoms with Crippen molar-refractivity contribution < 1.29 is 9.53 Å². The molecular weight excluding hydrogens is 152 g/mol. The topological polar surface area (TPSA) is 26.3 Å². The first-order valence-electron chi connectivity index (χ1n) is 4.75. The van der Waals surface area contributed by atoms with Crippen molar-refractivity contribution in [2.75, 3.05) is 6.61 Å². The van der Waals surface area contributed by atoms with Gasteiger partial charge in [-0.3, -0.25) is 4.79 Å². The molecule has 1 aliphatic heterocycles. The van der Waals surface area contributed by atoms with E-state index in [0.29, 0.717) is 30.8 Å². The van der Waals surface area contributed by atoms with Gasteiger partial charge in [0, 0.05) is 6.42 Å². The van der Waals surface area contributed by atoms with Gasteiger partial charge in [0.1, 0.15) is 0 Å². The van der Waals surface area contributed by atoms with Gasteiger partial charge in [0.05, 0.1) is 6.61 Å². The number of rotatable bonds is 1. The van der Waals surface area contributed by atoms with Gasteiger partial charge in [-0.1, -0.05) is 20.8 Å². The number of esters is 1. The molecule has 70 valence electrons. The maximum absolute atomic E-state index is 11.1. The highest BCUT2D eigenvalue weighted by atomic mass is 16.5. The standard InChI is InChI=1S/C10H18O2/c1-7(2)9-4-8(3)6-12-10(11)5-9/h7-9H,4-6H2,1-3H3/t8-,9-/m1/s1. The Morgan fingerprint density at radius 1 is 1.50 bits per heavy atom. The molecule has 0 N–H and O–H groups in total. The van der Waals surface area contributed by atoms with Crippen LogP contribution in [-0.2, 0) is 9.53 Å². The smallest absolute Gasteiger partial charge is 0.306 e. The number of ether oxygens (including phenoxy) is 1. The largest absolute Gasteiger partial charge is 0.465 e. The first kappa shape index (κ1) is 9.56. The van der Waals surface area contributed by atoms with Gasteiger partial charge >= 0.3 is 5.97 Å². The quantitative estimate of drug-likeness (QED) is 0.564. The number of carbonyl (C=O) groups excluding carboxylic acids is 1. The molecule has 1 heterocycles. The molecule has 0 aromatic heterocycles. The molecule has 2 heteroatoms. The van der Waals surface area contributed by atoms with Gasteiger partial charge in [0.15, 0.2) is 0 Å². The van der Waals surface area contributed by atoms with Crippen LogP contribution in [0.5, 0.6) is 0 Å². The zero-order valence-electron chi connectivity index (χ0n) is 8.17. The third-order valence-corrected chi connectivity index (χ3v) is 2.61. The fourth-order valence-electron chi connectivity index (χ4n) is 1.68. The second-order valence-corrected chi connectivity index (χ2v) is 4.23. The summed E-state index contributed by atoms with van der Waals surface area (Å²) in [6.07, 6.45) is 1.74. The predicted octanol–water partition coefficient (Wildman–Crippen LogP) is 2.23. The third kappa shape index (κ3) is 2.50. The number of hydrogen-bond donors (Lipinski definition) is 0. The van der Waals surface area contributed by atoms with E-state index in [2.05, 4.69) is 20.8 Å². The minimum atomic E-state index is -0.0157. The molecule has 0 radical (unpaired) electrons. The van der Waals surface area contributed by atoms with E-state index in [1.165, 1.54) is 0 Å². The van der Waals surface area contributed by atoms with Gasteiger partial charge in [0.25, 0.3) is 0 Å². The molecule has 0 saturated carbocycles. The second-order valence-electron chi connectivity index (χ2n) is 4.23. The van der Waals surface area contributed by atoms with Crippen molar-refractivity contribution in [2.45, 2.75) is 33.6 Å². The highest BCUT2D eigenvalue weighted by Crippen LogP contribution is 2.26. The van der Waals surface area contributed by atoms with Crippen molar-refractivity contribution in [1.82, 2.24) is 0 Å². The van der Waals surface area contributed by atoms with Gasteiger partial charge in [-0.15, -0.1) is 0 Å². The predicted molar refractivity (Wildman–Crippen MR) is 47.7 cm³/mol. The Kier molecular flexibility index (Phi) is 3.12. The SMILES string of the molecule is CC(C)[C@H]1CC(=O)OC[C@H](C)C1. The minimum absolute atomic E-state index is 0.0157. The van der Waals surface area contributed by atoms with Crippen molar-refractivity contribution in [3.05, 3.63) is 0 Å². The molecule has 1 fully saturated rings. The van der Waals surface area contributed by atoms with E-state index < -0.39 is 0 Å². The van der Waals surface area contributed by atoms with Crippen LogP contribution in [0.15, 0.2) is 0 Å². The van der Waals surface area contributed by atoms with Crippen LogP contribution in [0.3, 0.4) is 0 Å². The number of cyclic esters (lactones) is 1. The lowest BCUT2D eigenvalue weighted by atomic mass is 9.86. The lowest BCUT2D eigenvalue weighted by molar-refractivity contribution is -0.144. The number of carbonyl (C=O) groups is 1. The van der Waals surface area contributed by atoms with Crippen molar-refractivity contribution in [3.8, 4) is 0 Å². The van der Waals surface area contributed by atoms with E-state index in [9.17, 15) is 4.79 Å². The summed E-state index contributed by atoms with van der Waals surface area (Å²) in [5, 5.41) is 0. The van der Waals surface area contributed by atoms with Crippen LogP contribution >= 0.6 is 0 Å². The molecule has 2 nitrogen and oxygen atoms in total. The van der Waals surface area contributed by atoms with Crippen LogP contribution in [0.2, 0.25) is 0 Å². The monoisotopic (exact) mass is 170 g/mol. The maximum Gasteiger partial charge on any atom is 0.306 e. The Morgan fingerprint density at radius 3 is 2.75 bits per heavy atom. The van der Waals surface area contributed by atoms with E-state index in [-0.39, 0.29) is 5.97 Å². The van der Waals surface area contributed by atoms with Crippen molar-refractivity contribution in [1.29, 1.82) is 0 Å². The van der Waals surface area contributed by atoms with E-state index in [4.69, 9.17) is 4.74 Å².